The van der Waals surface area contributed by atoms with Crippen LogP contribution in [-0.2, 0) is 4.79 Å². The average molecular weight is 422 g/mol. The van der Waals surface area contributed by atoms with Crippen LogP contribution in [0.3, 0.4) is 0 Å². The smallest absolute Gasteiger partial charge is 0.258 e. The second-order valence-corrected chi connectivity index (χ2v) is 9.94. The maximum Gasteiger partial charge on any atom is 0.258 e. The molecule has 2 heterocycles. The second-order valence-electron chi connectivity index (χ2n) is 9.51. The Bertz CT molecular complexity index is 778. The third-order valence-electron chi connectivity index (χ3n) is 5.74. The number of rotatable bonds is 4. The van der Waals surface area contributed by atoms with Crippen LogP contribution >= 0.6 is 11.6 Å². The topological polar surface area (TPSA) is 70.7 Å². The average Bonchev–Trinajstić information content (AvgIpc) is 3.08. The Morgan fingerprint density at radius 1 is 1.21 bits per heavy atom. The monoisotopic (exact) mass is 421 g/mol. The molecule has 7 heteroatoms. The number of piperidine rings is 1. The van der Waals surface area contributed by atoms with Crippen LogP contribution in [0.25, 0.3) is 0 Å². The van der Waals surface area contributed by atoms with Crippen LogP contribution in [0.1, 0.15) is 63.7 Å². The summed E-state index contributed by atoms with van der Waals surface area (Å²) in [5.74, 6) is 0.177. The number of halogens is 1. The van der Waals surface area contributed by atoms with Gasteiger partial charge in [0.1, 0.15) is 11.8 Å². The Labute approximate surface area is 178 Å². The summed E-state index contributed by atoms with van der Waals surface area (Å²) in [6.07, 6.45) is 3.17. The molecule has 1 aromatic carbocycles. The molecule has 3 rings (SSSR count). The molecule has 1 unspecified atom stereocenters. The van der Waals surface area contributed by atoms with E-state index in [2.05, 4.69) is 38.3 Å². The van der Waals surface area contributed by atoms with Crippen molar-refractivity contribution in [2.75, 3.05) is 13.7 Å². The largest absolute Gasteiger partial charge is 0.496 e. The molecule has 0 radical (unpaired) electrons. The first-order valence-corrected chi connectivity index (χ1v) is 10.6. The van der Waals surface area contributed by atoms with E-state index in [4.69, 9.17) is 16.3 Å². The lowest BCUT2D eigenvalue weighted by molar-refractivity contribution is -0.126. The lowest BCUT2D eigenvalue weighted by Gasteiger charge is -2.46. The standard InChI is InChI=1S/C22H32ClN3O3/c1-21(2)12-15(13-22(3,4)25-21)24-19(27)17-7-6-10-26(17)20(28)16-11-14(23)8-9-18(16)29-5/h8-9,11,15,17,25H,6-7,10,12-13H2,1-5H3,(H,24,27). The van der Waals surface area contributed by atoms with E-state index in [9.17, 15) is 9.59 Å². The number of hydrogen-bond acceptors (Lipinski definition) is 4. The molecule has 2 saturated heterocycles. The molecular formula is C22H32ClN3O3. The number of benzene rings is 1. The summed E-state index contributed by atoms with van der Waals surface area (Å²) in [5.41, 5.74) is 0.279. The summed E-state index contributed by atoms with van der Waals surface area (Å²) < 4.78 is 5.33. The molecule has 2 N–H and O–H groups in total. The van der Waals surface area contributed by atoms with Gasteiger partial charge in [-0.25, -0.2) is 0 Å². The third-order valence-corrected chi connectivity index (χ3v) is 5.98. The number of likely N-dealkylation sites (tertiary alicyclic amines) is 1. The molecule has 2 amide bonds. The van der Waals surface area contributed by atoms with Crippen molar-refractivity contribution in [1.82, 2.24) is 15.5 Å². The number of ether oxygens (including phenoxy) is 1. The first-order chi connectivity index (χ1) is 13.5. The number of nitrogens with one attached hydrogen (secondary N) is 2. The number of methoxy groups -OCH3 is 1. The van der Waals surface area contributed by atoms with Crippen LogP contribution in [0, 0.1) is 0 Å². The van der Waals surface area contributed by atoms with Gasteiger partial charge in [-0.15, -0.1) is 0 Å². The number of nitrogens with zero attached hydrogens (tertiary/aromatic N) is 1. The highest BCUT2D eigenvalue weighted by Crippen LogP contribution is 2.30. The molecule has 1 atom stereocenters. The summed E-state index contributed by atoms with van der Waals surface area (Å²) in [6.45, 7) is 9.18. The minimum Gasteiger partial charge on any atom is -0.496 e. The molecule has 2 fully saturated rings. The molecule has 2 aliphatic rings. The second kappa shape index (κ2) is 8.15. The molecule has 0 saturated carbocycles. The SMILES string of the molecule is COc1ccc(Cl)cc1C(=O)N1CCCC1C(=O)NC1CC(C)(C)NC(C)(C)C1. The van der Waals surface area contributed by atoms with Crippen LogP contribution in [0.15, 0.2) is 18.2 Å². The van der Waals surface area contributed by atoms with Crippen LogP contribution in [-0.4, -0.2) is 53.5 Å². The van der Waals surface area contributed by atoms with Gasteiger partial charge in [-0.05, 0) is 71.6 Å². The highest BCUT2D eigenvalue weighted by molar-refractivity contribution is 6.31. The fourth-order valence-corrected chi connectivity index (χ4v) is 5.18. The fourth-order valence-electron chi connectivity index (χ4n) is 5.01. The van der Waals surface area contributed by atoms with Gasteiger partial charge in [-0.3, -0.25) is 9.59 Å². The minimum absolute atomic E-state index is 0.0565. The Morgan fingerprint density at radius 2 is 1.86 bits per heavy atom. The van der Waals surface area contributed by atoms with Crippen molar-refractivity contribution in [3.8, 4) is 5.75 Å². The molecule has 0 aromatic heterocycles. The van der Waals surface area contributed by atoms with Gasteiger partial charge >= 0.3 is 0 Å². The summed E-state index contributed by atoms with van der Waals surface area (Å²) >= 11 is 6.09. The molecule has 6 nitrogen and oxygen atoms in total. The zero-order chi connectivity index (χ0) is 21.4. The highest BCUT2D eigenvalue weighted by atomic mass is 35.5. The Kier molecular flexibility index (Phi) is 6.16. The van der Waals surface area contributed by atoms with E-state index in [-0.39, 0.29) is 28.9 Å². The lowest BCUT2D eigenvalue weighted by Crippen LogP contribution is -2.63. The highest BCUT2D eigenvalue weighted by Gasteiger charge is 2.41. The Hall–Kier alpha value is -1.79. The maximum atomic E-state index is 13.2. The molecule has 160 valence electrons. The number of amides is 2. The van der Waals surface area contributed by atoms with Crippen molar-refractivity contribution in [1.29, 1.82) is 0 Å². The van der Waals surface area contributed by atoms with Crippen LogP contribution in [0.4, 0.5) is 0 Å². The van der Waals surface area contributed by atoms with E-state index < -0.39 is 6.04 Å². The zero-order valence-corrected chi connectivity index (χ0v) is 18.7. The predicted octanol–water partition coefficient (Wildman–Crippen LogP) is 3.38. The van der Waals surface area contributed by atoms with E-state index >= 15 is 0 Å². The predicted molar refractivity (Wildman–Crippen MR) is 115 cm³/mol. The maximum absolute atomic E-state index is 13.2. The molecule has 0 spiro atoms. The molecule has 0 bridgehead atoms. The van der Waals surface area contributed by atoms with Crippen molar-refractivity contribution >= 4 is 23.4 Å². The summed E-state index contributed by atoms with van der Waals surface area (Å²) in [6, 6.07) is 4.58. The summed E-state index contributed by atoms with van der Waals surface area (Å²) in [5, 5.41) is 7.31. The summed E-state index contributed by atoms with van der Waals surface area (Å²) in [4.78, 5) is 28.0. The van der Waals surface area contributed by atoms with Crippen molar-refractivity contribution in [2.24, 2.45) is 0 Å². The number of carbonyl (C=O) groups is 2. The van der Waals surface area contributed by atoms with Crippen molar-refractivity contribution in [3.05, 3.63) is 28.8 Å². The van der Waals surface area contributed by atoms with Gasteiger partial charge < -0.3 is 20.3 Å². The fraction of sp³-hybridized carbons (Fsp3) is 0.636. The van der Waals surface area contributed by atoms with Gasteiger partial charge in [-0.1, -0.05) is 11.6 Å². The molecule has 0 aliphatic carbocycles. The van der Waals surface area contributed by atoms with Crippen molar-refractivity contribution in [3.63, 3.8) is 0 Å². The normalized spacial score (nSPS) is 23.7. The van der Waals surface area contributed by atoms with Crippen LogP contribution in [0.5, 0.6) is 5.75 Å². The number of carbonyl (C=O) groups excluding carboxylic acids is 2. The Balaban J connectivity index is 1.74. The minimum atomic E-state index is -0.465. The van der Waals surface area contributed by atoms with Gasteiger partial charge in [0, 0.05) is 28.7 Å². The van der Waals surface area contributed by atoms with Gasteiger partial charge in [0.2, 0.25) is 5.91 Å². The quantitative estimate of drug-likeness (QED) is 0.781. The van der Waals surface area contributed by atoms with E-state index in [1.54, 1.807) is 23.1 Å². The first kappa shape index (κ1) is 21.9. The summed E-state index contributed by atoms with van der Waals surface area (Å²) in [7, 11) is 1.52. The van der Waals surface area contributed by atoms with Gasteiger partial charge in [0.05, 0.1) is 12.7 Å². The van der Waals surface area contributed by atoms with Crippen LogP contribution in [0.2, 0.25) is 5.02 Å². The first-order valence-electron chi connectivity index (χ1n) is 10.3. The molecule has 29 heavy (non-hydrogen) atoms. The van der Waals surface area contributed by atoms with Crippen molar-refractivity contribution < 1.29 is 14.3 Å². The lowest BCUT2D eigenvalue weighted by atomic mass is 9.79. The van der Waals surface area contributed by atoms with E-state index in [1.807, 2.05) is 0 Å². The van der Waals surface area contributed by atoms with Crippen LogP contribution < -0.4 is 15.4 Å². The molecule has 1 aromatic rings. The van der Waals surface area contributed by atoms with Crippen molar-refractivity contribution in [2.45, 2.75) is 76.5 Å². The van der Waals surface area contributed by atoms with Gasteiger partial charge in [0.25, 0.3) is 5.91 Å². The van der Waals surface area contributed by atoms with E-state index in [0.29, 0.717) is 29.3 Å². The van der Waals surface area contributed by atoms with E-state index in [0.717, 1.165) is 19.3 Å². The number of hydrogen-bond donors (Lipinski definition) is 2. The third kappa shape index (κ3) is 5.04. The van der Waals surface area contributed by atoms with Gasteiger partial charge in [0.15, 0.2) is 0 Å². The Morgan fingerprint density at radius 3 is 2.48 bits per heavy atom. The molecular weight excluding hydrogens is 390 g/mol. The zero-order valence-electron chi connectivity index (χ0n) is 18.0. The molecule has 2 aliphatic heterocycles. The van der Waals surface area contributed by atoms with E-state index in [1.165, 1.54) is 7.11 Å². The van der Waals surface area contributed by atoms with Gasteiger partial charge in [-0.2, -0.15) is 0 Å².